The molecule has 0 bridgehead atoms. The Kier molecular flexibility index (Phi) is 5.18. The minimum atomic E-state index is -1.27. The normalized spacial score (nSPS) is 19.8. The Hall–Kier alpha value is -2.12. The molecule has 2 aliphatic rings. The number of fused-ring (bicyclic) bond motifs is 1. The van der Waals surface area contributed by atoms with Gasteiger partial charge in [0.1, 0.15) is 11.4 Å². The van der Waals surface area contributed by atoms with Crippen molar-refractivity contribution < 1.29 is 14.3 Å². The first-order chi connectivity index (χ1) is 12.4. The first-order valence-electron chi connectivity index (χ1n) is 8.98. The molecule has 8 heteroatoms. The monoisotopic (exact) mass is 395 g/mol. The average molecular weight is 396 g/mol. The standard InChI is InChI=1S/C19H22FN3O3.ClH/c1-10-8-22(6-5-21-10)15-7-14-16(11(2)17(15)20)18(24)13(19(25)26)9-23(14)12-3-4-12;/h7,9-10,12,21H,3-6,8H2,1-2H3,(H,25,26);1H/t10-;/m0./s1. The molecule has 0 spiro atoms. The molecule has 146 valence electrons. The Morgan fingerprint density at radius 3 is 2.67 bits per heavy atom. The van der Waals surface area contributed by atoms with Gasteiger partial charge >= 0.3 is 5.97 Å². The number of nitrogens with zero attached hydrogens (tertiary/aromatic N) is 2. The first kappa shape index (κ1) is 19.6. The number of aryl methyl sites for hydroxylation is 1. The number of benzene rings is 1. The number of aromatic nitrogens is 1. The zero-order valence-corrected chi connectivity index (χ0v) is 16.1. The molecule has 1 atom stereocenters. The molecule has 1 aliphatic heterocycles. The molecule has 2 heterocycles. The van der Waals surface area contributed by atoms with E-state index in [1.807, 2.05) is 9.47 Å². The van der Waals surface area contributed by atoms with Crippen LogP contribution in [0.25, 0.3) is 10.9 Å². The van der Waals surface area contributed by atoms with Crippen LogP contribution in [-0.4, -0.2) is 41.3 Å². The smallest absolute Gasteiger partial charge is 0.341 e. The van der Waals surface area contributed by atoms with Crippen molar-refractivity contribution in [2.24, 2.45) is 0 Å². The summed E-state index contributed by atoms with van der Waals surface area (Å²) < 4.78 is 17.0. The second kappa shape index (κ2) is 7.13. The van der Waals surface area contributed by atoms with Crippen molar-refractivity contribution in [1.29, 1.82) is 0 Å². The van der Waals surface area contributed by atoms with Crippen molar-refractivity contribution in [2.45, 2.75) is 38.8 Å². The number of anilines is 1. The largest absolute Gasteiger partial charge is 0.477 e. The van der Waals surface area contributed by atoms with Crippen LogP contribution in [-0.2, 0) is 0 Å². The second-order valence-electron chi connectivity index (χ2n) is 7.35. The molecule has 27 heavy (non-hydrogen) atoms. The highest BCUT2D eigenvalue weighted by Crippen LogP contribution is 2.39. The molecular formula is C19H23ClFN3O3. The van der Waals surface area contributed by atoms with Crippen LogP contribution in [0.5, 0.6) is 0 Å². The Labute approximate surface area is 162 Å². The number of rotatable bonds is 3. The summed E-state index contributed by atoms with van der Waals surface area (Å²) in [6, 6.07) is 2.15. The molecule has 1 saturated heterocycles. The third-order valence-electron chi connectivity index (χ3n) is 5.36. The molecular weight excluding hydrogens is 373 g/mol. The highest BCUT2D eigenvalue weighted by atomic mass is 35.5. The van der Waals surface area contributed by atoms with E-state index in [2.05, 4.69) is 12.2 Å². The summed E-state index contributed by atoms with van der Waals surface area (Å²) in [5.41, 5.74) is 0.436. The van der Waals surface area contributed by atoms with Crippen LogP contribution in [0.15, 0.2) is 17.1 Å². The number of hydrogen-bond acceptors (Lipinski definition) is 4. The maximum atomic E-state index is 15.1. The molecule has 6 nitrogen and oxygen atoms in total. The van der Waals surface area contributed by atoms with Crippen molar-refractivity contribution in [2.75, 3.05) is 24.5 Å². The number of nitrogens with one attached hydrogen (secondary N) is 1. The van der Waals surface area contributed by atoms with Crippen LogP contribution in [0.2, 0.25) is 0 Å². The number of carbonyl (C=O) groups is 1. The van der Waals surface area contributed by atoms with Gasteiger partial charge < -0.3 is 19.9 Å². The summed E-state index contributed by atoms with van der Waals surface area (Å²) >= 11 is 0. The molecule has 0 unspecified atom stereocenters. The fourth-order valence-corrected chi connectivity index (χ4v) is 3.84. The van der Waals surface area contributed by atoms with Gasteiger partial charge in [-0.1, -0.05) is 0 Å². The van der Waals surface area contributed by atoms with E-state index in [-0.39, 0.29) is 41.0 Å². The predicted molar refractivity (Wildman–Crippen MR) is 105 cm³/mol. The molecule has 1 aromatic heterocycles. The zero-order valence-electron chi connectivity index (χ0n) is 15.3. The maximum Gasteiger partial charge on any atom is 0.341 e. The molecule has 1 aromatic carbocycles. The van der Waals surface area contributed by atoms with Crippen LogP contribution in [0, 0.1) is 12.7 Å². The van der Waals surface area contributed by atoms with Crippen LogP contribution < -0.4 is 15.6 Å². The number of carboxylic acids is 1. The number of hydrogen-bond donors (Lipinski definition) is 2. The van der Waals surface area contributed by atoms with Crippen molar-refractivity contribution in [3.8, 4) is 0 Å². The van der Waals surface area contributed by atoms with E-state index in [1.54, 1.807) is 13.0 Å². The first-order valence-corrected chi connectivity index (χ1v) is 8.98. The lowest BCUT2D eigenvalue weighted by molar-refractivity contribution is 0.0695. The summed E-state index contributed by atoms with van der Waals surface area (Å²) in [7, 11) is 0. The highest BCUT2D eigenvalue weighted by Gasteiger charge is 2.29. The summed E-state index contributed by atoms with van der Waals surface area (Å²) in [6.07, 6.45) is 3.30. The average Bonchev–Trinajstić information content (AvgIpc) is 3.42. The molecule has 1 aliphatic carbocycles. The molecule has 2 fully saturated rings. The minimum Gasteiger partial charge on any atom is -0.477 e. The predicted octanol–water partition coefficient (Wildman–Crippen LogP) is 2.70. The fraction of sp³-hybridized carbons (Fsp3) is 0.474. The number of pyridine rings is 1. The zero-order chi connectivity index (χ0) is 18.6. The van der Waals surface area contributed by atoms with E-state index in [0.29, 0.717) is 24.3 Å². The van der Waals surface area contributed by atoms with Crippen molar-refractivity contribution >= 4 is 35.0 Å². The van der Waals surface area contributed by atoms with Gasteiger partial charge in [-0.2, -0.15) is 0 Å². The SMILES string of the molecule is Cc1c(F)c(N2CCN[C@@H](C)C2)cc2c1c(=O)c(C(=O)O)cn2C1CC1.Cl. The lowest BCUT2D eigenvalue weighted by atomic mass is 10.0. The molecule has 2 N–H and O–H groups in total. The van der Waals surface area contributed by atoms with Crippen molar-refractivity contribution in [3.05, 3.63) is 39.4 Å². The van der Waals surface area contributed by atoms with Crippen LogP contribution in [0.4, 0.5) is 10.1 Å². The summed E-state index contributed by atoms with van der Waals surface area (Å²) in [4.78, 5) is 26.2. The third kappa shape index (κ3) is 3.30. The quantitative estimate of drug-likeness (QED) is 0.835. The van der Waals surface area contributed by atoms with Gasteiger partial charge in [-0.05, 0) is 32.8 Å². The summed E-state index contributed by atoms with van der Waals surface area (Å²) in [5.74, 6) is -1.71. The van der Waals surface area contributed by atoms with Gasteiger partial charge in [-0.25, -0.2) is 9.18 Å². The number of aromatic carboxylic acids is 1. The summed E-state index contributed by atoms with van der Waals surface area (Å²) in [5, 5.41) is 12.9. The van der Waals surface area contributed by atoms with Crippen molar-refractivity contribution in [3.63, 3.8) is 0 Å². The van der Waals surface area contributed by atoms with Gasteiger partial charge in [0.25, 0.3) is 0 Å². The Balaban J connectivity index is 0.00000210. The number of halogens is 2. The Bertz CT molecular complexity index is 971. The fourth-order valence-electron chi connectivity index (χ4n) is 3.84. The van der Waals surface area contributed by atoms with Gasteiger partial charge in [0, 0.05) is 43.5 Å². The summed E-state index contributed by atoms with van der Waals surface area (Å²) in [6.45, 7) is 5.76. The Morgan fingerprint density at radius 1 is 1.37 bits per heavy atom. The number of piperazine rings is 1. The molecule has 1 saturated carbocycles. The van der Waals surface area contributed by atoms with Crippen LogP contribution >= 0.6 is 12.4 Å². The van der Waals surface area contributed by atoms with E-state index < -0.39 is 17.2 Å². The molecule has 2 aromatic rings. The van der Waals surface area contributed by atoms with E-state index in [4.69, 9.17) is 0 Å². The van der Waals surface area contributed by atoms with Crippen molar-refractivity contribution in [1.82, 2.24) is 9.88 Å². The van der Waals surface area contributed by atoms with E-state index >= 15 is 4.39 Å². The molecule has 0 radical (unpaired) electrons. The Morgan fingerprint density at radius 2 is 2.07 bits per heavy atom. The van der Waals surface area contributed by atoms with E-state index in [9.17, 15) is 14.7 Å². The van der Waals surface area contributed by atoms with Gasteiger partial charge in [-0.15, -0.1) is 12.4 Å². The van der Waals surface area contributed by atoms with E-state index in [1.165, 1.54) is 6.20 Å². The highest BCUT2D eigenvalue weighted by molar-refractivity contribution is 5.95. The van der Waals surface area contributed by atoms with Gasteiger partial charge in [0.2, 0.25) is 5.43 Å². The molecule has 0 amide bonds. The topological polar surface area (TPSA) is 74.6 Å². The lowest BCUT2D eigenvalue weighted by Crippen LogP contribution is -2.49. The van der Waals surface area contributed by atoms with Gasteiger partial charge in [0.15, 0.2) is 0 Å². The van der Waals surface area contributed by atoms with Crippen LogP contribution in [0.3, 0.4) is 0 Å². The van der Waals surface area contributed by atoms with Crippen LogP contribution in [0.1, 0.15) is 41.7 Å². The second-order valence-corrected chi connectivity index (χ2v) is 7.35. The van der Waals surface area contributed by atoms with Gasteiger partial charge in [0.05, 0.1) is 16.6 Å². The maximum absolute atomic E-state index is 15.1. The lowest BCUT2D eigenvalue weighted by Gasteiger charge is -2.34. The minimum absolute atomic E-state index is 0. The number of carboxylic acid groups (broad SMARTS) is 1. The third-order valence-corrected chi connectivity index (χ3v) is 5.36. The van der Waals surface area contributed by atoms with E-state index in [0.717, 1.165) is 19.4 Å². The van der Waals surface area contributed by atoms with Gasteiger partial charge in [-0.3, -0.25) is 4.79 Å². The molecule has 4 rings (SSSR count).